The smallest absolute Gasteiger partial charge is 0.338 e. The molecule has 2 aromatic carbocycles. The Morgan fingerprint density at radius 2 is 1.71 bits per heavy atom. The molecule has 1 amide bonds. The van der Waals surface area contributed by atoms with E-state index < -0.39 is 18.5 Å². The van der Waals surface area contributed by atoms with Crippen molar-refractivity contribution in [1.29, 1.82) is 0 Å². The van der Waals surface area contributed by atoms with E-state index in [4.69, 9.17) is 18.9 Å². The molecule has 0 fully saturated rings. The van der Waals surface area contributed by atoms with E-state index in [0.29, 0.717) is 29.4 Å². The number of benzene rings is 2. The highest BCUT2D eigenvalue weighted by atomic mass is 16.5. The number of hydrogen-bond donors (Lipinski definition) is 1. The van der Waals surface area contributed by atoms with Crippen LogP contribution in [0.1, 0.15) is 29.8 Å². The van der Waals surface area contributed by atoms with Gasteiger partial charge in [0, 0.05) is 6.07 Å². The van der Waals surface area contributed by atoms with E-state index in [9.17, 15) is 9.59 Å². The molecule has 0 heterocycles. The summed E-state index contributed by atoms with van der Waals surface area (Å²) >= 11 is 0. The number of rotatable bonds is 9. The van der Waals surface area contributed by atoms with Crippen LogP contribution in [0.3, 0.4) is 0 Å². The summed E-state index contributed by atoms with van der Waals surface area (Å²) in [6, 6.07) is 11.9. The van der Waals surface area contributed by atoms with Crippen LogP contribution in [0, 0.1) is 0 Å². The molecule has 0 aliphatic carbocycles. The van der Waals surface area contributed by atoms with Gasteiger partial charge in [0.2, 0.25) is 0 Å². The first-order valence-electron chi connectivity index (χ1n) is 8.82. The van der Waals surface area contributed by atoms with Crippen molar-refractivity contribution in [2.45, 2.75) is 26.6 Å². The summed E-state index contributed by atoms with van der Waals surface area (Å²) in [6.07, 6.45) is 0.131. The van der Waals surface area contributed by atoms with E-state index in [1.807, 2.05) is 13.8 Å². The fourth-order valence-corrected chi connectivity index (χ4v) is 2.31. The molecular weight excluding hydrogens is 362 g/mol. The van der Waals surface area contributed by atoms with Crippen LogP contribution in [0.15, 0.2) is 42.5 Å². The van der Waals surface area contributed by atoms with Crippen LogP contribution in [-0.2, 0) is 20.9 Å². The molecule has 28 heavy (non-hydrogen) atoms. The SMILES string of the molecule is COc1ccc(OC)c(NC(=O)COC(=O)c2ccc(COC(C)C)cc2)c1. The molecule has 7 heteroatoms. The second kappa shape index (κ2) is 10.3. The lowest BCUT2D eigenvalue weighted by molar-refractivity contribution is -0.119. The van der Waals surface area contributed by atoms with Crippen molar-refractivity contribution in [2.75, 3.05) is 26.1 Å². The number of amides is 1. The Bertz CT molecular complexity index is 801. The van der Waals surface area contributed by atoms with E-state index in [2.05, 4.69) is 5.32 Å². The molecule has 0 aliphatic rings. The highest BCUT2D eigenvalue weighted by Gasteiger charge is 2.13. The average Bonchev–Trinajstić information content (AvgIpc) is 2.70. The van der Waals surface area contributed by atoms with Gasteiger partial charge >= 0.3 is 5.97 Å². The second-order valence-corrected chi connectivity index (χ2v) is 6.25. The molecule has 0 saturated carbocycles. The number of nitrogens with one attached hydrogen (secondary N) is 1. The highest BCUT2D eigenvalue weighted by molar-refractivity contribution is 5.96. The van der Waals surface area contributed by atoms with E-state index in [0.717, 1.165) is 5.56 Å². The Kier molecular flexibility index (Phi) is 7.83. The normalized spacial score (nSPS) is 10.5. The van der Waals surface area contributed by atoms with Gasteiger partial charge in [0.05, 0.1) is 38.2 Å². The zero-order valence-corrected chi connectivity index (χ0v) is 16.5. The molecule has 0 bridgehead atoms. The van der Waals surface area contributed by atoms with E-state index in [-0.39, 0.29) is 6.10 Å². The maximum atomic E-state index is 12.1. The van der Waals surface area contributed by atoms with Crippen molar-refractivity contribution >= 4 is 17.6 Å². The van der Waals surface area contributed by atoms with E-state index >= 15 is 0 Å². The van der Waals surface area contributed by atoms with Gasteiger partial charge < -0.3 is 24.3 Å². The zero-order valence-electron chi connectivity index (χ0n) is 16.5. The van der Waals surface area contributed by atoms with Crippen LogP contribution in [0.25, 0.3) is 0 Å². The minimum atomic E-state index is -0.580. The topological polar surface area (TPSA) is 83.1 Å². The van der Waals surface area contributed by atoms with Gasteiger partial charge in [-0.15, -0.1) is 0 Å². The van der Waals surface area contributed by atoms with Crippen molar-refractivity contribution in [3.63, 3.8) is 0 Å². The Morgan fingerprint density at radius 3 is 2.32 bits per heavy atom. The summed E-state index contributed by atoms with van der Waals surface area (Å²) in [4.78, 5) is 24.2. The van der Waals surface area contributed by atoms with Gasteiger partial charge in [-0.05, 0) is 43.7 Å². The average molecular weight is 387 g/mol. The molecule has 0 aliphatic heterocycles. The summed E-state index contributed by atoms with van der Waals surface area (Å²) in [5.74, 6) is -0.0275. The van der Waals surface area contributed by atoms with Crippen LogP contribution in [0.2, 0.25) is 0 Å². The van der Waals surface area contributed by atoms with Crippen molar-refractivity contribution in [1.82, 2.24) is 0 Å². The van der Waals surface area contributed by atoms with Crippen LogP contribution < -0.4 is 14.8 Å². The predicted octanol–water partition coefficient (Wildman–Crippen LogP) is 3.42. The van der Waals surface area contributed by atoms with Gasteiger partial charge in [0.25, 0.3) is 5.91 Å². The fourth-order valence-electron chi connectivity index (χ4n) is 2.31. The summed E-state index contributed by atoms with van der Waals surface area (Å²) in [5, 5.41) is 2.64. The van der Waals surface area contributed by atoms with E-state index in [1.54, 1.807) is 42.5 Å². The Balaban J connectivity index is 1.89. The number of methoxy groups -OCH3 is 2. The highest BCUT2D eigenvalue weighted by Crippen LogP contribution is 2.28. The van der Waals surface area contributed by atoms with Gasteiger partial charge in [0.15, 0.2) is 6.61 Å². The standard InChI is InChI=1S/C21H25NO6/c1-14(2)27-12-15-5-7-16(8-6-15)21(24)28-13-20(23)22-18-11-17(25-3)9-10-19(18)26-4/h5-11,14H,12-13H2,1-4H3,(H,22,23). The summed E-state index contributed by atoms with van der Waals surface area (Å²) in [5.41, 5.74) is 1.74. The number of carbonyl (C=O) groups excluding carboxylic acids is 2. The van der Waals surface area contributed by atoms with Crippen molar-refractivity contribution in [3.05, 3.63) is 53.6 Å². The molecule has 0 saturated heterocycles. The largest absolute Gasteiger partial charge is 0.497 e. The summed E-state index contributed by atoms with van der Waals surface area (Å²) in [7, 11) is 3.02. The second-order valence-electron chi connectivity index (χ2n) is 6.25. The Labute approximate surface area is 164 Å². The van der Waals surface area contributed by atoms with Crippen LogP contribution in [0.5, 0.6) is 11.5 Å². The molecule has 0 spiro atoms. The molecule has 7 nitrogen and oxygen atoms in total. The van der Waals surface area contributed by atoms with Crippen molar-refractivity contribution < 1.29 is 28.5 Å². The number of hydrogen-bond acceptors (Lipinski definition) is 6. The lowest BCUT2D eigenvalue weighted by Gasteiger charge is -2.12. The third-order valence-corrected chi connectivity index (χ3v) is 3.79. The zero-order chi connectivity index (χ0) is 20.5. The van der Waals surface area contributed by atoms with Crippen LogP contribution >= 0.6 is 0 Å². The first kappa shape index (κ1) is 21.2. The molecule has 2 aromatic rings. The molecule has 2 rings (SSSR count). The van der Waals surface area contributed by atoms with Gasteiger partial charge in [-0.3, -0.25) is 4.79 Å². The molecule has 0 unspecified atom stereocenters. The molecule has 0 aromatic heterocycles. The lowest BCUT2D eigenvalue weighted by atomic mass is 10.1. The minimum Gasteiger partial charge on any atom is -0.497 e. The Morgan fingerprint density at radius 1 is 1.00 bits per heavy atom. The van der Waals surface area contributed by atoms with Gasteiger partial charge in [-0.1, -0.05) is 12.1 Å². The minimum absolute atomic E-state index is 0.131. The van der Waals surface area contributed by atoms with Crippen molar-refractivity contribution in [2.24, 2.45) is 0 Å². The molecule has 0 atom stereocenters. The molecule has 150 valence electrons. The number of anilines is 1. The lowest BCUT2D eigenvalue weighted by Crippen LogP contribution is -2.21. The first-order valence-corrected chi connectivity index (χ1v) is 8.82. The molecular formula is C21H25NO6. The van der Waals surface area contributed by atoms with E-state index in [1.165, 1.54) is 14.2 Å². The van der Waals surface area contributed by atoms with Crippen LogP contribution in [0.4, 0.5) is 5.69 Å². The van der Waals surface area contributed by atoms with Gasteiger partial charge in [-0.25, -0.2) is 4.79 Å². The predicted molar refractivity (Wildman–Crippen MR) is 105 cm³/mol. The molecule has 0 radical (unpaired) electrons. The third kappa shape index (κ3) is 6.28. The third-order valence-electron chi connectivity index (χ3n) is 3.79. The fraction of sp³-hybridized carbons (Fsp3) is 0.333. The maximum absolute atomic E-state index is 12.1. The molecule has 1 N–H and O–H groups in total. The summed E-state index contributed by atoms with van der Waals surface area (Å²) < 4.78 is 20.9. The number of esters is 1. The number of ether oxygens (including phenoxy) is 4. The van der Waals surface area contributed by atoms with Crippen molar-refractivity contribution in [3.8, 4) is 11.5 Å². The maximum Gasteiger partial charge on any atom is 0.338 e. The van der Waals surface area contributed by atoms with Gasteiger partial charge in [0.1, 0.15) is 11.5 Å². The number of carbonyl (C=O) groups is 2. The van der Waals surface area contributed by atoms with Gasteiger partial charge in [-0.2, -0.15) is 0 Å². The first-order chi connectivity index (χ1) is 13.4. The van der Waals surface area contributed by atoms with Crippen LogP contribution in [-0.4, -0.2) is 38.8 Å². The Hall–Kier alpha value is -3.06. The summed E-state index contributed by atoms with van der Waals surface area (Å²) in [6.45, 7) is 3.96. The quantitative estimate of drug-likeness (QED) is 0.664. The monoisotopic (exact) mass is 387 g/mol.